The summed E-state index contributed by atoms with van der Waals surface area (Å²) in [7, 11) is 3.37. The van der Waals surface area contributed by atoms with E-state index in [1.165, 1.54) is 23.2 Å². The number of piperazine rings is 1. The molecule has 0 saturated carbocycles. The Morgan fingerprint density at radius 2 is 1.80 bits per heavy atom. The number of carbonyl (C=O) groups is 2. The van der Waals surface area contributed by atoms with Crippen LogP contribution in [0.1, 0.15) is 10.4 Å². The molecule has 0 unspecified atom stereocenters. The summed E-state index contributed by atoms with van der Waals surface area (Å²) in [6.45, 7) is 1.69. The maximum absolute atomic E-state index is 13.5. The normalized spacial score (nSPS) is 15.2. The fraction of sp³-hybridized carbons (Fsp3) is 0.462. The molecule has 0 spiro atoms. The Kier molecular flexibility index (Phi) is 4.16. The largest absolute Gasteiger partial charge is 0.335 e. The molecule has 1 aromatic heterocycles. The van der Waals surface area contributed by atoms with Crippen LogP contribution >= 0.6 is 0 Å². The minimum atomic E-state index is -0.760. The second kappa shape index (κ2) is 5.85. The van der Waals surface area contributed by atoms with E-state index in [0.29, 0.717) is 26.2 Å². The van der Waals surface area contributed by atoms with E-state index in [1.807, 2.05) is 0 Å². The second-order valence-electron chi connectivity index (χ2n) is 4.80. The summed E-state index contributed by atoms with van der Waals surface area (Å²) in [5.41, 5.74) is -0.0279. The molecule has 0 N–H and O–H groups in total. The highest BCUT2D eigenvalue weighted by atomic mass is 19.1. The molecular formula is C13H17FN4O2. The van der Waals surface area contributed by atoms with Gasteiger partial charge in [-0.1, -0.05) is 0 Å². The molecule has 1 aliphatic rings. The highest BCUT2D eigenvalue weighted by Gasteiger charge is 2.26. The molecule has 1 fully saturated rings. The third-order valence-corrected chi connectivity index (χ3v) is 3.21. The zero-order chi connectivity index (χ0) is 14.7. The average Bonchev–Trinajstić information content (AvgIpc) is 2.46. The number of hydrogen-bond acceptors (Lipinski definition) is 3. The topological polar surface area (TPSA) is 56.8 Å². The molecule has 108 valence electrons. The lowest BCUT2D eigenvalue weighted by Crippen LogP contribution is -2.53. The van der Waals surface area contributed by atoms with Gasteiger partial charge in [0.05, 0.1) is 5.56 Å². The number of hydrogen-bond donors (Lipinski definition) is 0. The van der Waals surface area contributed by atoms with Crippen molar-refractivity contribution in [2.45, 2.75) is 0 Å². The molecule has 2 heterocycles. The quantitative estimate of drug-likeness (QED) is 0.710. The molecule has 1 saturated heterocycles. The highest BCUT2D eigenvalue weighted by Crippen LogP contribution is 2.11. The molecule has 1 aliphatic heterocycles. The monoisotopic (exact) mass is 280 g/mol. The third kappa shape index (κ3) is 2.87. The summed E-state index contributed by atoms with van der Waals surface area (Å²) in [6, 6.07) is 2.87. The minimum absolute atomic E-state index is 0.0279. The lowest BCUT2D eigenvalue weighted by atomic mass is 10.2. The van der Waals surface area contributed by atoms with Crippen LogP contribution in [0, 0.1) is 5.95 Å². The van der Waals surface area contributed by atoms with Gasteiger partial charge in [0.1, 0.15) is 0 Å². The number of pyridine rings is 1. The van der Waals surface area contributed by atoms with Crippen molar-refractivity contribution >= 4 is 11.9 Å². The molecule has 6 nitrogen and oxygen atoms in total. The Balaban J connectivity index is 1.99. The smallest absolute Gasteiger partial charge is 0.319 e. The Morgan fingerprint density at radius 1 is 1.20 bits per heavy atom. The summed E-state index contributed by atoms with van der Waals surface area (Å²) in [4.78, 5) is 32.1. The van der Waals surface area contributed by atoms with E-state index in [2.05, 4.69) is 4.98 Å². The van der Waals surface area contributed by atoms with Crippen molar-refractivity contribution in [3.05, 3.63) is 29.8 Å². The molecule has 0 radical (unpaired) electrons. The van der Waals surface area contributed by atoms with Crippen molar-refractivity contribution in [3.8, 4) is 0 Å². The van der Waals surface area contributed by atoms with Crippen LogP contribution in [0.3, 0.4) is 0 Å². The maximum atomic E-state index is 13.5. The van der Waals surface area contributed by atoms with E-state index in [0.717, 1.165) is 0 Å². The first-order valence-electron chi connectivity index (χ1n) is 6.36. The molecule has 1 aromatic rings. The lowest BCUT2D eigenvalue weighted by Gasteiger charge is -2.35. The SMILES string of the molecule is CN(C)C(=O)N1CCN(C(=O)c2cccnc2F)CC1. The standard InChI is InChI=1S/C13H17FN4O2/c1-16(2)13(20)18-8-6-17(7-9-18)12(19)10-4-3-5-15-11(10)14/h3-5H,6-9H2,1-2H3. The predicted molar refractivity (Wildman–Crippen MR) is 70.8 cm³/mol. The van der Waals surface area contributed by atoms with E-state index < -0.39 is 5.95 Å². The van der Waals surface area contributed by atoms with Crippen LogP contribution in [0.2, 0.25) is 0 Å². The van der Waals surface area contributed by atoms with E-state index in [4.69, 9.17) is 0 Å². The van der Waals surface area contributed by atoms with Gasteiger partial charge in [0.15, 0.2) is 0 Å². The fourth-order valence-corrected chi connectivity index (χ4v) is 2.10. The lowest BCUT2D eigenvalue weighted by molar-refractivity contribution is 0.0644. The first-order chi connectivity index (χ1) is 9.50. The Labute approximate surface area is 116 Å². The number of aromatic nitrogens is 1. The molecule has 0 bridgehead atoms. The molecule has 2 rings (SSSR count). The van der Waals surface area contributed by atoms with Crippen LogP contribution in [-0.2, 0) is 0 Å². The van der Waals surface area contributed by atoms with Gasteiger partial charge in [-0.3, -0.25) is 4.79 Å². The molecule has 0 atom stereocenters. The van der Waals surface area contributed by atoms with Gasteiger partial charge in [0.2, 0.25) is 5.95 Å². The van der Waals surface area contributed by atoms with Crippen LogP contribution in [0.25, 0.3) is 0 Å². The third-order valence-electron chi connectivity index (χ3n) is 3.21. The van der Waals surface area contributed by atoms with Gasteiger partial charge in [-0.25, -0.2) is 9.78 Å². The average molecular weight is 280 g/mol. The molecule has 0 aliphatic carbocycles. The van der Waals surface area contributed by atoms with Gasteiger partial charge in [-0.05, 0) is 12.1 Å². The zero-order valence-electron chi connectivity index (χ0n) is 11.5. The van der Waals surface area contributed by atoms with Crippen LogP contribution in [-0.4, -0.2) is 71.9 Å². The van der Waals surface area contributed by atoms with Crippen molar-refractivity contribution in [2.75, 3.05) is 40.3 Å². The van der Waals surface area contributed by atoms with Gasteiger partial charge in [-0.2, -0.15) is 4.39 Å². The minimum Gasteiger partial charge on any atom is -0.335 e. The van der Waals surface area contributed by atoms with Gasteiger partial charge in [0.25, 0.3) is 5.91 Å². The number of rotatable bonds is 1. The van der Waals surface area contributed by atoms with Crippen LogP contribution in [0.4, 0.5) is 9.18 Å². The summed E-state index contributed by atoms with van der Waals surface area (Å²) >= 11 is 0. The van der Waals surface area contributed by atoms with E-state index in [-0.39, 0.29) is 17.5 Å². The zero-order valence-corrected chi connectivity index (χ0v) is 11.5. The second-order valence-corrected chi connectivity index (χ2v) is 4.80. The van der Waals surface area contributed by atoms with Crippen molar-refractivity contribution < 1.29 is 14.0 Å². The van der Waals surface area contributed by atoms with Crippen LogP contribution in [0.15, 0.2) is 18.3 Å². The van der Waals surface area contributed by atoms with Crippen molar-refractivity contribution in [3.63, 3.8) is 0 Å². The van der Waals surface area contributed by atoms with Gasteiger partial charge in [0, 0.05) is 46.5 Å². The highest BCUT2D eigenvalue weighted by molar-refractivity contribution is 5.94. The van der Waals surface area contributed by atoms with Gasteiger partial charge < -0.3 is 14.7 Å². The van der Waals surface area contributed by atoms with Gasteiger partial charge in [-0.15, -0.1) is 0 Å². The number of amides is 3. The summed E-state index contributed by atoms with van der Waals surface area (Å²) < 4.78 is 13.5. The summed E-state index contributed by atoms with van der Waals surface area (Å²) in [5, 5.41) is 0. The summed E-state index contributed by atoms with van der Waals surface area (Å²) in [6.07, 6.45) is 1.31. The summed E-state index contributed by atoms with van der Waals surface area (Å²) in [5.74, 6) is -1.14. The van der Waals surface area contributed by atoms with Crippen LogP contribution < -0.4 is 0 Å². The Bertz CT molecular complexity index is 513. The van der Waals surface area contributed by atoms with Gasteiger partial charge >= 0.3 is 6.03 Å². The number of urea groups is 1. The molecular weight excluding hydrogens is 263 g/mol. The first kappa shape index (κ1) is 14.2. The van der Waals surface area contributed by atoms with Crippen molar-refractivity contribution in [1.82, 2.24) is 19.7 Å². The van der Waals surface area contributed by atoms with E-state index in [1.54, 1.807) is 23.9 Å². The van der Waals surface area contributed by atoms with E-state index in [9.17, 15) is 14.0 Å². The molecule has 3 amide bonds. The Hall–Kier alpha value is -2.18. The number of carbonyl (C=O) groups excluding carboxylic acids is 2. The van der Waals surface area contributed by atoms with E-state index >= 15 is 0 Å². The van der Waals surface area contributed by atoms with Crippen molar-refractivity contribution in [1.29, 1.82) is 0 Å². The Morgan fingerprint density at radius 3 is 2.35 bits per heavy atom. The predicted octanol–water partition coefficient (Wildman–Crippen LogP) is 0.660. The fourth-order valence-electron chi connectivity index (χ4n) is 2.10. The maximum Gasteiger partial charge on any atom is 0.319 e. The molecule has 7 heteroatoms. The molecule has 0 aromatic carbocycles. The number of nitrogens with zero attached hydrogens (tertiary/aromatic N) is 4. The van der Waals surface area contributed by atoms with Crippen LogP contribution in [0.5, 0.6) is 0 Å². The first-order valence-corrected chi connectivity index (χ1v) is 6.36. The van der Waals surface area contributed by atoms with Crippen molar-refractivity contribution in [2.24, 2.45) is 0 Å². The molecule has 20 heavy (non-hydrogen) atoms. The number of halogens is 1.